The highest BCUT2D eigenvalue weighted by Gasteiger charge is 2.11. The van der Waals surface area contributed by atoms with Crippen molar-refractivity contribution in [2.75, 3.05) is 0 Å². The average Bonchev–Trinajstić information content (AvgIpc) is 2.97. The van der Waals surface area contributed by atoms with Gasteiger partial charge in [0.2, 0.25) is 0 Å². The van der Waals surface area contributed by atoms with Gasteiger partial charge in [0.1, 0.15) is 4.88 Å². The lowest BCUT2D eigenvalue weighted by molar-refractivity contribution is 0.961. The highest BCUT2D eigenvalue weighted by atomic mass is 32.1. The lowest BCUT2D eigenvalue weighted by Gasteiger charge is -1.97. The first-order valence-electron chi connectivity index (χ1n) is 4.94. The molecule has 0 unspecified atom stereocenters. The fourth-order valence-electron chi connectivity index (χ4n) is 1.75. The third kappa shape index (κ3) is 1.48. The summed E-state index contributed by atoms with van der Waals surface area (Å²) in [4.78, 5) is 5.43. The Balaban J connectivity index is 2.30. The van der Waals surface area contributed by atoms with Gasteiger partial charge in [0.25, 0.3) is 0 Å². The van der Waals surface area contributed by atoms with Gasteiger partial charge in [-0.25, -0.2) is 4.98 Å². The lowest BCUT2D eigenvalue weighted by atomic mass is 10.2. The first-order valence-corrected chi connectivity index (χ1v) is 5.71. The van der Waals surface area contributed by atoms with E-state index in [1.165, 1.54) is 11.5 Å². The predicted octanol–water partition coefficient (Wildman–Crippen LogP) is 1.96. The summed E-state index contributed by atoms with van der Waals surface area (Å²) in [6.45, 7) is 0. The van der Waals surface area contributed by atoms with E-state index in [0.29, 0.717) is 5.56 Å². The van der Waals surface area contributed by atoms with Crippen LogP contribution >= 0.6 is 11.5 Å². The number of benzene rings is 1. The molecule has 0 amide bonds. The SMILES string of the molecule is Cn1c(-c2cnns2)nc2ccc(C#N)cc21. The molecule has 2 heterocycles. The maximum absolute atomic E-state index is 8.88. The molecule has 1 aromatic carbocycles. The highest BCUT2D eigenvalue weighted by molar-refractivity contribution is 7.09. The minimum absolute atomic E-state index is 0.634. The zero-order chi connectivity index (χ0) is 11.8. The first-order chi connectivity index (χ1) is 8.29. The van der Waals surface area contributed by atoms with Crippen LogP contribution in [-0.2, 0) is 7.05 Å². The molecule has 0 saturated carbocycles. The number of fused-ring (bicyclic) bond motifs is 1. The quantitative estimate of drug-likeness (QED) is 0.653. The van der Waals surface area contributed by atoms with Crippen molar-refractivity contribution in [3.63, 3.8) is 0 Å². The second kappa shape index (κ2) is 3.64. The summed E-state index contributed by atoms with van der Waals surface area (Å²) in [5.74, 6) is 0.824. The Hall–Kier alpha value is -2.26. The van der Waals surface area contributed by atoms with Gasteiger partial charge >= 0.3 is 0 Å². The summed E-state index contributed by atoms with van der Waals surface area (Å²) in [5, 5.41) is 12.7. The number of hydrogen-bond acceptors (Lipinski definition) is 5. The van der Waals surface area contributed by atoms with Crippen LogP contribution < -0.4 is 0 Å². The van der Waals surface area contributed by atoms with E-state index < -0.39 is 0 Å². The zero-order valence-electron chi connectivity index (χ0n) is 8.95. The Morgan fingerprint density at radius 1 is 1.41 bits per heavy atom. The molecular formula is C11H7N5S. The molecule has 3 aromatic rings. The predicted molar refractivity (Wildman–Crippen MR) is 64.3 cm³/mol. The minimum Gasteiger partial charge on any atom is -0.326 e. The van der Waals surface area contributed by atoms with Crippen molar-refractivity contribution in [2.24, 2.45) is 7.05 Å². The molecule has 0 N–H and O–H groups in total. The van der Waals surface area contributed by atoms with Gasteiger partial charge in [-0.05, 0) is 29.7 Å². The minimum atomic E-state index is 0.634. The number of aromatic nitrogens is 4. The van der Waals surface area contributed by atoms with E-state index in [1.54, 1.807) is 12.3 Å². The summed E-state index contributed by atoms with van der Waals surface area (Å²) < 4.78 is 5.78. The van der Waals surface area contributed by atoms with Crippen LogP contribution in [0.15, 0.2) is 24.4 Å². The van der Waals surface area contributed by atoms with Crippen LogP contribution in [0.25, 0.3) is 21.7 Å². The summed E-state index contributed by atoms with van der Waals surface area (Å²) in [6, 6.07) is 7.58. The molecule has 0 aliphatic carbocycles. The van der Waals surface area contributed by atoms with E-state index in [-0.39, 0.29) is 0 Å². The number of aryl methyl sites for hydroxylation is 1. The van der Waals surface area contributed by atoms with Gasteiger partial charge in [-0.15, -0.1) is 5.10 Å². The van der Waals surface area contributed by atoms with Crippen molar-refractivity contribution >= 4 is 22.6 Å². The summed E-state index contributed by atoms with van der Waals surface area (Å²) in [6.07, 6.45) is 1.69. The van der Waals surface area contributed by atoms with Gasteiger partial charge in [0.05, 0.1) is 28.9 Å². The molecular weight excluding hydrogens is 234 g/mol. The fourth-order valence-corrected chi connectivity index (χ4v) is 2.29. The third-order valence-electron chi connectivity index (χ3n) is 2.59. The summed E-state index contributed by atoms with van der Waals surface area (Å²) in [5.41, 5.74) is 2.44. The van der Waals surface area contributed by atoms with E-state index in [9.17, 15) is 0 Å². The van der Waals surface area contributed by atoms with Gasteiger partial charge in [0, 0.05) is 7.05 Å². The maximum Gasteiger partial charge on any atom is 0.154 e. The number of hydrogen-bond donors (Lipinski definition) is 0. The van der Waals surface area contributed by atoms with Crippen LogP contribution in [0.1, 0.15) is 5.56 Å². The van der Waals surface area contributed by atoms with Gasteiger partial charge in [-0.1, -0.05) is 4.49 Å². The second-order valence-corrected chi connectivity index (χ2v) is 4.38. The Morgan fingerprint density at radius 2 is 2.29 bits per heavy atom. The number of nitrogens with zero attached hydrogens (tertiary/aromatic N) is 5. The molecule has 0 aliphatic rings. The molecule has 82 valence electrons. The molecule has 0 spiro atoms. The van der Waals surface area contributed by atoms with Gasteiger partial charge < -0.3 is 4.57 Å². The Bertz CT molecular complexity index is 720. The van der Waals surface area contributed by atoms with Crippen LogP contribution in [0, 0.1) is 11.3 Å². The van der Waals surface area contributed by atoms with E-state index in [1.807, 2.05) is 23.7 Å². The smallest absolute Gasteiger partial charge is 0.154 e. The van der Waals surface area contributed by atoms with Crippen molar-refractivity contribution in [2.45, 2.75) is 0 Å². The van der Waals surface area contributed by atoms with E-state index in [2.05, 4.69) is 20.6 Å². The van der Waals surface area contributed by atoms with Crippen molar-refractivity contribution in [3.05, 3.63) is 30.0 Å². The Labute approximate surface area is 101 Å². The Morgan fingerprint density at radius 3 is 3.00 bits per heavy atom. The van der Waals surface area contributed by atoms with E-state index in [4.69, 9.17) is 5.26 Å². The first kappa shape index (κ1) is 9.93. The molecule has 0 radical (unpaired) electrons. The Kier molecular flexibility index (Phi) is 2.13. The molecule has 3 rings (SSSR count). The van der Waals surface area contributed by atoms with Gasteiger partial charge in [-0.2, -0.15) is 5.26 Å². The van der Waals surface area contributed by atoms with Crippen LogP contribution in [0.3, 0.4) is 0 Å². The monoisotopic (exact) mass is 241 g/mol. The topological polar surface area (TPSA) is 67.4 Å². The van der Waals surface area contributed by atoms with Crippen molar-refractivity contribution in [1.82, 2.24) is 19.1 Å². The molecule has 0 fully saturated rings. The molecule has 0 aliphatic heterocycles. The summed E-state index contributed by atoms with van der Waals surface area (Å²) in [7, 11) is 1.92. The molecule has 0 saturated heterocycles. The van der Waals surface area contributed by atoms with Crippen LogP contribution in [0.5, 0.6) is 0 Å². The maximum atomic E-state index is 8.88. The lowest BCUT2D eigenvalue weighted by Crippen LogP contribution is -1.90. The normalized spacial score (nSPS) is 10.6. The highest BCUT2D eigenvalue weighted by Crippen LogP contribution is 2.25. The molecule has 5 nitrogen and oxygen atoms in total. The average molecular weight is 241 g/mol. The van der Waals surface area contributed by atoms with E-state index >= 15 is 0 Å². The van der Waals surface area contributed by atoms with Crippen LogP contribution in [0.2, 0.25) is 0 Å². The standard InChI is InChI=1S/C11H7N5S/c1-16-9-4-7(5-12)2-3-8(9)14-11(16)10-6-13-15-17-10/h2-4,6H,1H3. The van der Waals surface area contributed by atoms with Crippen LogP contribution in [0.4, 0.5) is 0 Å². The fraction of sp³-hybridized carbons (Fsp3) is 0.0909. The largest absolute Gasteiger partial charge is 0.326 e. The number of imidazole rings is 1. The molecule has 0 bridgehead atoms. The zero-order valence-corrected chi connectivity index (χ0v) is 9.77. The molecule has 0 atom stereocenters. The van der Waals surface area contributed by atoms with Gasteiger partial charge in [0.15, 0.2) is 5.82 Å². The third-order valence-corrected chi connectivity index (χ3v) is 3.25. The van der Waals surface area contributed by atoms with E-state index in [0.717, 1.165) is 21.7 Å². The van der Waals surface area contributed by atoms with Crippen molar-refractivity contribution in [1.29, 1.82) is 5.26 Å². The van der Waals surface area contributed by atoms with Crippen LogP contribution in [-0.4, -0.2) is 19.1 Å². The number of nitriles is 1. The summed E-state index contributed by atoms with van der Waals surface area (Å²) >= 11 is 1.31. The molecule has 6 heteroatoms. The van der Waals surface area contributed by atoms with Crippen molar-refractivity contribution in [3.8, 4) is 16.8 Å². The second-order valence-electron chi connectivity index (χ2n) is 3.59. The molecule has 2 aromatic heterocycles. The van der Waals surface area contributed by atoms with Crippen molar-refractivity contribution < 1.29 is 0 Å². The molecule has 17 heavy (non-hydrogen) atoms. The number of rotatable bonds is 1. The van der Waals surface area contributed by atoms with Gasteiger partial charge in [-0.3, -0.25) is 0 Å².